The number of aliphatic hydroxyl groups is 1. The second kappa shape index (κ2) is 5.30. The van der Waals surface area contributed by atoms with Crippen LogP contribution < -0.4 is 5.32 Å². The van der Waals surface area contributed by atoms with Gasteiger partial charge in [0, 0.05) is 13.1 Å². The highest BCUT2D eigenvalue weighted by atomic mass is 19.1. The van der Waals surface area contributed by atoms with E-state index in [0.717, 1.165) is 12.1 Å². The van der Waals surface area contributed by atoms with Gasteiger partial charge in [-0.25, -0.2) is 13.6 Å². The second-order valence-corrected chi connectivity index (χ2v) is 4.72. The van der Waals surface area contributed by atoms with Crippen molar-refractivity contribution in [3.63, 3.8) is 0 Å². The van der Waals surface area contributed by atoms with Gasteiger partial charge in [0.2, 0.25) is 0 Å². The van der Waals surface area contributed by atoms with Crippen LogP contribution >= 0.6 is 0 Å². The topological polar surface area (TPSA) is 52.6 Å². The first-order valence-electron chi connectivity index (χ1n) is 5.38. The molecular weight excluding hydrogens is 242 g/mol. The van der Waals surface area contributed by atoms with Gasteiger partial charge in [-0.15, -0.1) is 0 Å². The fourth-order valence-electron chi connectivity index (χ4n) is 1.45. The van der Waals surface area contributed by atoms with Crippen LogP contribution in [0.25, 0.3) is 0 Å². The molecule has 0 spiro atoms. The highest BCUT2D eigenvalue weighted by Crippen LogP contribution is 2.15. The van der Waals surface area contributed by atoms with Crippen LogP contribution in [-0.4, -0.2) is 35.2 Å². The van der Waals surface area contributed by atoms with E-state index in [-0.39, 0.29) is 12.2 Å². The average Bonchev–Trinajstić information content (AvgIpc) is 2.19. The van der Waals surface area contributed by atoms with Gasteiger partial charge < -0.3 is 15.3 Å². The summed E-state index contributed by atoms with van der Waals surface area (Å²) in [5, 5.41) is 11.8. The van der Waals surface area contributed by atoms with Crippen LogP contribution in [0.4, 0.5) is 19.3 Å². The number of nitrogens with zero attached hydrogens (tertiary/aromatic N) is 1. The van der Waals surface area contributed by atoms with Crippen LogP contribution in [0.2, 0.25) is 0 Å². The van der Waals surface area contributed by atoms with Gasteiger partial charge in [-0.1, -0.05) is 0 Å². The Labute approximate surface area is 104 Å². The van der Waals surface area contributed by atoms with Crippen LogP contribution in [0, 0.1) is 11.6 Å². The van der Waals surface area contributed by atoms with Gasteiger partial charge in [-0.3, -0.25) is 0 Å². The summed E-state index contributed by atoms with van der Waals surface area (Å²) in [7, 11) is 1.47. The lowest BCUT2D eigenvalue weighted by atomic mass is 10.1. The Morgan fingerprint density at radius 3 is 2.56 bits per heavy atom. The van der Waals surface area contributed by atoms with E-state index in [0.29, 0.717) is 6.07 Å². The highest BCUT2D eigenvalue weighted by Gasteiger charge is 2.20. The van der Waals surface area contributed by atoms with Gasteiger partial charge in [0.15, 0.2) is 0 Å². The van der Waals surface area contributed by atoms with E-state index in [1.807, 2.05) is 0 Å². The monoisotopic (exact) mass is 258 g/mol. The summed E-state index contributed by atoms with van der Waals surface area (Å²) in [4.78, 5) is 12.9. The highest BCUT2D eigenvalue weighted by molar-refractivity contribution is 5.89. The van der Waals surface area contributed by atoms with Crippen molar-refractivity contribution < 1.29 is 18.7 Å². The van der Waals surface area contributed by atoms with Crippen molar-refractivity contribution in [2.24, 2.45) is 0 Å². The Bertz CT molecular complexity index is 444. The first-order valence-corrected chi connectivity index (χ1v) is 5.38. The molecule has 0 aliphatic rings. The maximum atomic E-state index is 13.3. The summed E-state index contributed by atoms with van der Waals surface area (Å²) in [5.41, 5.74) is -1.16. The van der Waals surface area contributed by atoms with Crippen molar-refractivity contribution in [2.75, 3.05) is 18.9 Å². The number of halogens is 2. The van der Waals surface area contributed by atoms with E-state index in [2.05, 4.69) is 5.32 Å². The van der Waals surface area contributed by atoms with Crippen molar-refractivity contribution in [3.05, 3.63) is 29.8 Å². The number of urea groups is 1. The molecule has 100 valence electrons. The van der Waals surface area contributed by atoms with E-state index in [9.17, 15) is 18.7 Å². The molecule has 0 bridgehead atoms. The molecule has 2 amide bonds. The SMILES string of the molecule is CN(CC(C)(C)O)C(=O)Nc1ccc(F)cc1F. The Balaban J connectivity index is 2.70. The molecule has 0 aromatic heterocycles. The molecule has 0 aliphatic carbocycles. The van der Waals surface area contributed by atoms with Gasteiger partial charge in [-0.05, 0) is 26.0 Å². The van der Waals surface area contributed by atoms with E-state index in [4.69, 9.17) is 0 Å². The smallest absolute Gasteiger partial charge is 0.321 e. The normalized spacial score (nSPS) is 11.2. The zero-order valence-corrected chi connectivity index (χ0v) is 10.5. The number of likely N-dealkylation sites (N-methyl/N-ethyl adjacent to an activating group) is 1. The molecule has 6 heteroatoms. The molecule has 1 aromatic rings. The van der Waals surface area contributed by atoms with E-state index in [1.54, 1.807) is 13.8 Å². The number of anilines is 1. The standard InChI is InChI=1S/C12H16F2N2O2/c1-12(2,18)7-16(3)11(17)15-10-5-4-8(13)6-9(10)14/h4-6,18H,7H2,1-3H3,(H,15,17). The molecule has 0 atom stereocenters. The summed E-state index contributed by atoms with van der Waals surface area (Å²) in [6.45, 7) is 3.19. The fourth-order valence-corrected chi connectivity index (χ4v) is 1.45. The van der Waals surface area contributed by atoms with Crippen molar-refractivity contribution >= 4 is 11.7 Å². The van der Waals surface area contributed by atoms with Gasteiger partial charge in [0.1, 0.15) is 11.6 Å². The van der Waals surface area contributed by atoms with Gasteiger partial charge >= 0.3 is 6.03 Å². The van der Waals surface area contributed by atoms with E-state index >= 15 is 0 Å². The van der Waals surface area contributed by atoms with E-state index in [1.165, 1.54) is 11.9 Å². The minimum absolute atomic E-state index is 0.0850. The molecule has 1 rings (SSSR count). The second-order valence-electron chi connectivity index (χ2n) is 4.72. The van der Waals surface area contributed by atoms with Gasteiger partial charge in [0.05, 0.1) is 17.8 Å². The Kier molecular flexibility index (Phi) is 4.24. The predicted molar refractivity (Wildman–Crippen MR) is 64.3 cm³/mol. The van der Waals surface area contributed by atoms with Crippen LogP contribution in [0.5, 0.6) is 0 Å². The minimum atomic E-state index is -1.05. The van der Waals surface area contributed by atoms with Crippen molar-refractivity contribution in [1.29, 1.82) is 0 Å². The van der Waals surface area contributed by atoms with Crippen molar-refractivity contribution in [3.8, 4) is 0 Å². The van der Waals surface area contributed by atoms with Crippen LogP contribution in [0.15, 0.2) is 18.2 Å². The average molecular weight is 258 g/mol. The van der Waals surface area contributed by atoms with Crippen molar-refractivity contribution in [2.45, 2.75) is 19.4 Å². The number of hydrogen-bond donors (Lipinski definition) is 2. The molecule has 2 N–H and O–H groups in total. The number of rotatable bonds is 3. The van der Waals surface area contributed by atoms with Gasteiger partial charge in [-0.2, -0.15) is 0 Å². The molecule has 0 saturated carbocycles. The Morgan fingerprint density at radius 2 is 2.06 bits per heavy atom. The number of amides is 2. The van der Waals surface area contributed by atoms with E-state index < -0.39 is 23.3 Å². The Hall–Kier alpha value is -1.69. The number of hydrogen-bond acceptors (Lipinski definition) is 2. The lowest BCUT2D eigenvalue weighted by Crippen LogP contribution is -2.41. The predicted octanol–water partition coefficient (Wildman–Crippen LogP) is 2.20. The molecule has 0 unspecified atom stereocenters. The summed E-state index contributed by atoms with van der Waals surface area (Å²) in [5.74, 6) is -1.56. The van der Waals surface area contributed by atoms with Crippen LogP contribution in [0.3, 0.4) is 0 Å². The molecule has 1 aromatic carbocycles. The maximum Gasteiger partial charge on any atom is 0.321 e. The summed E-state index contributed by atoms with van der Waals surface area (Å²) in [6, 6.07) is 2.29. The third-order valence-corrected chi connectivity index (χ3v) is 2.14. The zero-order chi connectivity index (χ0) is 13.9. The fraction of sp³-hybridized carbons (Fsp3) is 0.417. The molecule has 0 heterocycles. The summed E-state index contributed by atoms with van der Waals surface area (Å²) >= 11 is 0. The van der Waals surface area contributed by atoms with Crippen LogP contribution in [-0.2, 0) is 0 Å². The lowest BCUT2D eigenvalue weighted by Gasteiger charge is -2.25. The Morgan fingerprint density at radius 1 is 1.44 bits per heavy atom. The maximum absolute atomic E-state index is 13.3. The third kappa shape index (κ3) is 4.29. The first-order chi connectivity index (χ1) is 8.19. The first kappa shape index (κ1) is 14.4. The quantitative estimate of drug-likeness (QED) is 0.873. The molecular formula is C12H16F2N2O2. The van der Waals surface area contributed by atoms with Crippen molar-refractivity contribution in [1.82, 2.24) is 4.90 Å². The zero-order valence-electron chi connectivity index (χ0n) is 10.5. The molecule has 4 nitrogen and oxygen atoms in total. The lowest BCUT2D eigenvalue weighted by molar-refractivity contribution is 0.0550. The van der Waals surface area contributed by atoms with Crippen LogP contribution in [0.1, 0.15) is 13.8 Å². The number of nitrogens with one attached hydrogen (secondary N) is 1. The molecule has 0 fully saturated rings. The molecule has 0 radical (unpaired) electrons. The molecule has 0 aliphatic heterocycles. The third-order valence-electron chi connectivity index (χ3n) is 2.14. The summed E-state index contributed by atoms with van der Waals surface area (Å²) in [6.07, 6.45) is 0. The molecule has 18 heavy (non-hydrogen) atoms. The summed E-state index contributed by atoms with van der Waals surface area (Å²) < 4.78 is 26.0. The number of carbonyl (C=O) groups is 1. The largest absolute Gasteiger partial charge is 0.389 e. The molecule has 0 saturated heterocycles. The number of carbonyl (C=O) groups excluding carboxylic acids is 1. The van der Waals surface area contributed by atoms with Gasteiger partial charge in [0.25, 0.3) is 0 Å². The minimum Gasteiger partial charge on any atom is -0.389 e. The number of benzene rings is 1.